The molecule has 4 heteroatoms. The number of rotatable bonds is 3. The highest BCUT2D eigenvalue weighted by Crippen LogP contribution is 2.30. The number of furan rings is 1. The highest BCUT2D eigenvalue weighted by atomic mass is 32.1. The van der Waals surface area contributed by atoms with Crippen LogP contribution in [0.5, 0.6) is 0 Å². The summed E-state index contributed by atoms with van der Waals surface area (Å²) < 4.78 is 5.67. The molecule has 1 aliphatic rings. The lowest BCUT2D eigenvalue weighted by atomic mass is 10.1. The average Bonchev–Trinajstić information content (AvgIpc) is 3.02. The van der Waals surface area contributed by atoms with Crippen LogP contribution in [0.25, 0.3) is 11.5 Å². The van der Waals surface area contributed by atoms with Gasteiger partial charge in [0.15, 0.2) is 5.76 Å². The SMILES string of the molecule is Cc1ccc(-c2nc(CC3CCNC3)sc2C)o1. The molecule has 96 valence electrons. The van der Waals surface area contributed by atoms with Crippen molar-refractivity contribution in [2.75, 3.05) is 13.1 Å². The van der Waals surface area contributed by atoms with E-state index in [4.69, 9.17) is 9.40 Å². The lowest BCUT2D eigenvalue weighted by molar-refractivity contribution is 0.545. The third kappa shape index (κ3) is 2.35. The van der Waals surface area contributed by atoms with Gasteiger partial charge in [-0.1, -0.05) is 0 Å². The largest absolute Gasteiger partial charge is 0.460 e. The first kappa shape index (κ1) is 11.9. The minimum atomic E-state index is 0.752. The summed E-state index contributed by atoms with van der Waals surface area (Å²) in [5, 5.41) is 4.65. The Morgan fingerprint density at radius 2 is 2.33 bits per heavy atom. The molecule has 2 aromatic rings. The second kappa shape index (κ2) is 4.86. The molecule has 1 atom stereocenters. The highest BCUT2D eigenvalue weighted by molar-refractivity contribution is 7.12. The van der Waals surface area contributed by atoms with Crippen molar-refractivity contribution in [3.8, 4) is 11.5 Å². The van der Waals surface area contributed by atoms with Gasteiger partial charge in [-0.2, -0.15) is 0 Å². The monoisotopic (exact) mass is 262 g/mol. The van der Waals surface area contributed by atoms with Gasteiger partial charge >= 0.3 is 0 Å². The van der Waals surface area contributed by atoms with Gasteiger partial charge in [0.1, 0.15) is 11.5 Å². The van der Waals surface area contributed by atoms with Crippen LogP contribution >= 0.6 is 11.3 Å². The van der Waals surface area contributed by atoms with Crippen LogP contribution in [0.4, 0.5) is 0 Å². The predicted octanol–water partition coefficient (Wildman–Crippen LogP) is 3.17. The van der Waals surface area contributed by atoms with Gasteiger partial charge < -0.3 is 9.73 Å². The van der Waals surface area contributed by atoms with Crippen LogP contribution in [-0.2, 0) is 6.42 Å². The van der Waals surface area contributed by atoms with Gasteiger partial charge in [0.2, 0.25) is 0 Å². The molecule has 1 unspecified atom stereocenters. The topological polar surface area (TPSA) is 38.1 Å². The molecule has 3 rings (SSSR count). The molecule has 0 saturated carbocycles. The molecule has 0 aromatic carbocycles. The number of thiazole rings is 1. The van der Waals surface area contributed by atoms with E-state index in [1.165, 1.54) is 16.3 Å². The Bertz CT molecular complexity index is 538. The van der Waals surface area contributed by atoms with E-state index in [1.807, 2.05) is 19.1 Å². The smallest absolute Gasteiger partial charge is 0.153 e. The van der Waals surface area contributed by atoms with Gasteiger partial charge in [-0.15, -0.1) is 11.3 Å². The van der Waals surface area contributed by atoms with Gasteiger partial charge in [0.25, 0.3) is 0 Å². The van der Waals surface area contributed by atoms with Crippen LogP contribution < -0.4 is 5.32 Å². The van der Waals surface area contributed by atoms with E-state index in [2.05, 4.69) is 12.2 Å². The Labute approximate surface area is 111 Å². The maximum absolute atomic E-state index is 5.67. The third-order valence-electron chi connectivity index (χ3n) is 3.44. The quantitative estimate of drug-likeness (QED) is 0.923. The van der Waals surface area contributed by atoms with Crippen molar-refractivity contribution in [2.24, 2.45) is 5.92 Å². The summed E-state index contributed by atoms with van der Waals surface area (Å²) in [6.07, 6.45) is 2.37. The maximum Gasteiger partial charge on any atom is 0.153 e. The molecule has 0 aliphatic carbocycles. The van der Waals surface area contributed by atoms with Crippen molar-refractivity contribution in [3.05, 3.63) is 27.8 Å². The summed E-state index contributed by atoms with van der Waals surface area (Å²) in [7, 11) is 0. The van der Waals surface area contributed by atoms with E-state index in [9.17, 15) is 0 Å². The Morgan fingerprint density at radius 1 is 1.44 bits per heavy atom. The van der Waals surface area contributed by atoms with E-state index >= 15 is 0 Å². The summed E-state index contributed by atoms with van der Waals surface area (Å²) in [5.74, 6) is 2.60. The molecule has 3 nitrogen and oxygen atoms in total. The van der Waals surface area contributed by atoms with E-state index in [-0.39, 0.29) is 0 Å². The average molecular weight is 262 g/mol. The minimum absolute atomic E-state index is 0.752. The first-order valence-electron chi connectivity index (χ1n) is 6.46. The second-order valence-electron chi connectivity index (χ2n) is 4.99. The molecule has 0 spiro atoms. The Balaban J connectivity index is 1.81. The van der Waals surface area contributed by atoms with Crippen molar-refractivity contribution >= 4 is 11.3 Å². The molecule has 0 radical (unpaired) electrons. The molecular weight excluding hydrogens is 244 g/mol. The van der Waals surface area contributed by atoms with Crippen molar-refractivity contribution in [3.63, 3.8) is 0 Å². The van der Waals surface area contributed by atoms with Crippen molar-refractivity contribution in [2.45, 2.75) is 26.7 Å². The normalized spacial score (nSPS) is 19.6. The van der Waals surface area contributed by atoms with E-state index in [0.29, 0.717) is 0 Å². The maximum atomic E-state index is 5.67. The fourth-order valence-electron chi connectivity index (χ4n) is 2.46. The van der Waals surface area contributed by atoms with Crippen LogP contribution in [0.2, 0.25) is 0 Å². The predicted molar refractivity (Wildman–Crippen MR) is 74.0 cm³/mol. The molecule has 1 N–H and O–H groups in total. The number of hydrogen-bond donors (Lipinski definition) is 1. The highest BCUT2D eigenvalue weighted by Gasteiger charge is 2.19. The molecule has 1 aliphatic heterocycles. The Morgan fingerprint density at radius 3 is 3.00 bits per heavy atom. The molecule has 1 fully saturated rings. The summed E-state index contributed by atoms with van der Waals surface area (Å²) in [5.41, 5.74) is 1.02. The van der Waals surface area contributed by atoms with E-state index in [1.54, 1.807) is 11.3 Å². The number of hydrogen-bond acceptors (Lipinski definition) is 4. The van der Waals surface area contributed by atoms with Crippen LogP contribution in [-0.4, -0.2) is 18.1 Å². The van der Waals surface area contributed by atoms with Gasteiger partial charge in [-0.3, -0.25) is 0 Å². The van der Waals surface area contributed by atoms with Crippen molar-refractivity contribution in [1.82, 2.24) is 10.3 Å². The first-order chi connectivity index (χ1) is 8.72. The van der Waals surface area contributed by atoms with Crippen molar-refractivity contribution < 1.29 is 4.42 Å². The Kier molecular flexibility index (Phi) is 3.22. The van der Waals surface area contributed by atoms with Crippen molar-refractivity contribution in [1.29, 1.82) is 0 Å². The lowest BCUT2D eigenvalue weighted by Crippen LogP contribution is -2.10. The first-order valence-corrected chi connectivity index (χ1v) is 7.28. The Hall–Kier alpha value is -1.13. The molecular formula is C14H18N2OS. The van der Waals surface area contributed by atoms with Gasteiger partial charge in [-0.05, 0) is 51.4 Å². The zero-order valence-corrected chi connectivity index (χ0v) is 11.6. The van der Waals surface area contributed by atoms with Crippen LogP contribution in [0.3, 0.4) is 0 Å². The molecule has 0 bridgehead atoms. The molecule has 18 heavy (non-hydrogen) atoms. The summed E-state index contributed by atoms with van der Waals surface area (Å²) >= 11 is 1.81. The zero-order chi connectivity index (χ0) is 12.5. The summed E-state index contributed by atoms with van der Waals surface area (Å²) in [6, 6.07) is 4.01. The minimum Gasteiger partial charge on any atom is -0.460 e. The number of nitrogens with one attached hydrogen (secondary N) is 1. The van der Waals surface area contributed by atoms with Gasteiger partial charge in [0.05, 0.1) is 5.01 Å². The number of aryl methyl sites for hydroxylation is 2. The molecule has 2 aromatic heterocycles. The van der Waals surface area contributed by atoms with Crippen LogP contribution in [0.1, 0.15) is 22.1 Å². The van der Waals surface area contributed by atoms with E-state index < -0.39 is 0 Å². The molecule has 1 saturated heterocycles. The fourth-order valence-corrected chi connectivity index (χ4v) is 3.52. The zero-order valence-electron chi connectivity index (χ0n) is 10.8. The van der Waals surface area contributed by atoms with Gasteiger partial charge in [0, 0.05) is 11.3 Å². The second-order valence-corrected chi connectivity index (χ2v) is 6.27. The van der Waals surface area contributed by atoms with Crippen LogP contribution in [0, 0.1) is 19.8 Å². The van der Waals surface area contributed by atoms with E-state index in [0.717, 1.165) is 42.6 Å². The van der Waals surface area contributed by atoms with Gasteiger partial charge in [-0.25, -0.2) is 4.98 Å². The fraction of sp³-hybridized carbons (Fsp3) is 0.500. The summed E-state index contributed by atoms with van der Waals surface area (Å²) in [6.45, 7) is 6.38. The lowest BCUT2D eigenvalue weighted by Gasteiger charge is -2.03. The standard InChI is InChI=1S/C14H18N2OS/c1-9-3-4-12(17-9)14-10(2)18-13(16-14)7-11-5-6-15-8-11/h3-4,11,15H,5-8H2,1-2H3. The number of nitrogens with zero attached hydrogens (tertiary/aromatic N) is 1. The summed E-state index contributed by atoms with van der Waals surface area (Å²) in [4.78, 5) is 6.01. The molecule has 0 amide bonds. The molecule has 3 heterocycles. The number of aromatic nitrogens is 1. The van der Waals surface area contributed by atoms with Crippen LogP contribution in [0.15, 0.2) is 16.5 Å². The third-order valence-corrected chi connectivity index (χ3v) is 4.43.